The number of carbonyl (C=O) groups is 2. The van der Waals surface area contributed by atoms with Gasteiger partial charge >= 0.3 is 5.97 Å². The number of aliphatic carboxylic acids is 1. The van der Waals surface area contributed by atoms with Gasteiger partial charge in [-0.2, -0.15) is 0 Å². The molecule has 5 nitrogen and oxygen atoms in total. The van der Waals surface area contributed by atoms with Gasteiger partial charge in [0, 0.05) is 35.2 Å². The minimum Gasteiger partial charge on any atom is -0.481 e. The molecule has 0 aliphatic carbocycles. The van der Waals surface area contributed by atoms with E-state index in [4.69, 9.17) is 5.11 Å². The van der Waals surface area contributed by atoms with E-state index in [1.165, 1.54) is 27.7 Å². The molecule has 0 atom stereocenters. The summed E-state index contributed by atoms with van der Waals surface area (Å²) in [5, 5.41) is 11.7. The smallest absolute Gasteiger partial charge is 0.304 e. The van der Waals surface area contributed by atoms with Gasteiger partial charge in [0.2, 0.25) is 0 Å². The number of aromatic amines is 1. The minimum absolute atomic E-state index is 0.0438. The van der Waals surface area contributed by atoms with Crippen LogP contribution in [0.1, 0.15) is 16.8 Å². The molecule has 0 fully saturated rings. The van der Waals surface area contributed by atoms with Gasteiger partial charge < -0.3 is 15.4 Å². The van der Waals surface area contributed by atoms with Crippen molar-refractivity contribution in [3.63, 3.8) is 0 Å². The van der Waals surface area contributed by atoms with Crippen molar-refractivity contribution >= 4 is 44.4 Å². The van der Waals surface area contributed by atoms with Gasteiger partial charge in [0.25, 0.3) is 5.91 Å². The first-order valence-electron chi connectivity index (χ1n) is 6.59. The highest BCUT2D eigenvalue weighted by Gasteiger charge is 2.15. The summed E-state index contributed by atoms with van der Waals surface area (Å²) in [6, 6.07) is 4.53. The average Bonchev–Trinajstić information content (AvgIpc) is 2.93. The molecule has 118 valence electrons. The number of hydrogen-bond donors (Lipinski definition) is 3. The van der Waals surface area contributed by atoms with Crippen LogP contribution in [0.4, 0.5) is 4.39 Å². The molecule has 22 heavy (non-hydrogen) atoms. The van der Waals surface area contributed by atoms with E-state index in [0.29, 0.717) is 29.0 Å². The van der Waals surface area contributed by atoms with E-state index >= 15 is 0 Å². The van der Waals surface area contributed by atoms with Crippen molar-refractivity contribution in [3.8, 4) is 0 Å². The van der Waals surface area contributed by atoms with Crippen molar-refractivity contribution in [2.45, 2.75) is 6.42 Å². The number of halogens is 1. The van der Waals surface area contributed by atoms with E-state index in [0.717, 1.165) is 0 Å². The van der Waals surface area contributed by atoms with E-state index in [-0.39, 0.29) is 12.0 Å². The quantitative estimate of drug-likeness (QED) is 0.508. The summed E-state index contributed by atoms with van der Waals surface area (Å²) in [7, 11) is 2.92. The lowest BCUT2D eigenvalue weighted by atomic mass is 10.1. The number of amides is 1. The first kappa shape index (κ1) is 16.7. The molecule has 0 bridgehead atoms. The molecule has 0 aliphatic rings. The highest BCUT2D eigenvalue weighted by Crippen LogP contribution is 2.22. The second-order valence-electron chi connectivity index (χ2n) is 4.40. The molecule has 0 radical (unpaired) electrons. The summed E-state index contributed by atoms with van der Waals surface area (Å²) in [4.78, 5) is 25.4. The highest BCUT2D eigenvalue weighted by molar-refractivity contribution is 8.76. The first-order chi connectivity index (χ1) is 10.6. The minimum atomic E-state index is -0.823. The second-order valence-corrected chi connectivity index (χ2v) is 7.11. The van der Waals surface area contributed by atoms with Gasteiger partial charge in [0.1, 0.15) is 5.82 Å². The lowest BCUT2D eigenvalue weighted by Crippen LogP contribution is -2.26. The number of H-pyrrole nitrogens is 1. The standard InChI is InChI=1S/C14H15FN2O3S2/c15-10-1-2-11-9(3-5-16-11)13(10)14(20)17-6-8-22-21-7-4-12(18)19/h1-3,5,16H,4,6-8H2,(H,17,20)(H,18,19). The Morgan fingerprint density at radius 1 is 1.23 bits per heavy atom. The van der Waals surface area contributed by atoms with E-state index in [1.807, 2.05) is 0 Å². The largest absolute Gasteiger partial charge is 0.481 e. The Morgan fingerprint density at radius 3 is 2.77 bits per heavy atom. The molecular weight excluding hydrogens is 327 g/mol. The van der Waals surface area contributed by atoms with Gasteiger partial charge in [-0.15, -0.1) is 0 Å². The first-order valence-corrected chi connectivity index (χ1v) is 9.08. The third-order valence-electron chi connectivity index (χ3n) is 2.86. The maximum absolute atomic E-state index is 13.9. The van der Waals surface area contributed by atoms with Crippen molar-refractivity contribution in [1.29, 1.82) is 0 Å². The number of rotatable bonds is 8. The molecule has 3 N–H and O–H groups in total. The zero-order chi connectivity index (χ0) is 15.9. The zero-order valence-electron chi connectivity index (χ0n) is 11.6. The third-order valence-corrected chi connectivity index (χ3v) is 5.27. The summed E-state index contributed by atoms with van der Waals surface area (Å²) < 4.78 is 13.9. The Morgan fingerprint density at radius 2 is 2.00 bits per heavy atom. The molecule has 2 rings (SSSR count). The van der Waals surface area contributed by atoms with E-state index in [9.17, 15) is 14.0 Å². The van der Waals surface area contributed by atoms with Crippen molar-refractivity contribution in [2.75, 3.05) is 18.1 Å². The fourth-order valence-electron chi connectivity index (χ4n) is 1.88. The van der Waals surface area contributed by atoms with Crippen LogP contribution in [-0.4, -0.2) is 40.0 Å². The molecule has 1 heterocycles. The lowest BCUT2D eigenvalue weighted by molar-refractivity contribution is -0.136. The van der Waals surface area contributed by atoms with Crippen LogP contribution in [0.25, 0.3) is 10.9 Å². The summed E-state index contributed by atoms with van der Waals surface area (Å²) in [6.07, 6.45) is 1.78. The molecule has 0 saturated heterocycles. The van der Waals surface area contributed by atoms with Crippen molar-refractivity contribution in [1.82, 2.24) is 10.3 Å². The molecule has 1 aromatic carbocycles. The lowest BCUT2D eigenvalue weighted by Gasteiger charge is -2.07. The number of benzene rings is 1. The maximum atomic E-state index is 13.9. The Kier molecular flexibility index (Phi) is 6.14. The number of hydrogen-bond acceptors (Lipinski definition) is 4. The second kappa shape index (κ2) is 8.09. The number of fused-ring (bicyclic) bond motifs is 1. The summed E-state index contributed by atoms with van der Waals surface area (Å²) in [6.45, 7) is 0.393. The molecule has 1 aromatic heterocycles. The number of nitrogens with one attached hydrogen (secondary N) is 2. The molecule has 1 amide bonds. The number of aromatic nitrogens is 1. The van der Waals surface area contributed by atoms with Crippen LogP contribution in [0.2, 0.25) is 0 Å². The number of carboxylic acids is 1. The SMILES string of the molecule is O=C(O)CCSSCCNC(=O)c1c(F)ccc2[nH]ccc12. The molecule has 0 unspecified atom stereocenters. The molecule has 0 saturated carbocycles. The summed E-state index contributed by atoms with van der Waals surface area (Å²) >= 11 is 0. The Hall–Kier alpha value is -1.67. The zero-order valence-corrected chi connectivity index (χ0v) is 13.2. The van der Waals surface area contributed by atoms with Crippen LogP contribution in [0, 0.1) is 5.82 Å². The number of carboxylic acid groups (broad SMARTS) is 1. The fourth-order valence-corrected chi connectivity index (χ4v) is 3.77. The van der Waals surface area contributed by atoms with Crippen LogP contribution in [0.3, 0.4) is 0 Å². The van der Waals surface area contributed by atoms with Gasteiger partial charge in [-0.3, -0.25) is 9.59 Å². The molecule has 2 aromatic rings. The molecular formula is C14H15FN2O3S2. The fraction of sp³-hybridized carbons (Fsp3) is 0.286. The van der Waals surface area contributed by atoms with E-state index in [1.54, 1.807) is 18.3 Å². The van der Waals surface area contributed by atoms with Crippen molar-refractivity contribution in [2.24, 2.45) is 0 Å². The predicted molar refractivity (Wildman–Crippen MR) is 87.8 cm³/mol. The van der Waals surface area contributed by atoms with Crippen molar-refractivity contribution in [3.05, 3.63) is 35.8 Å². The average molecular weight is 342 g/mol. The highest BCUT2D eigenvalue weighted by atomic mass is 33.1. The van der Waals surface area contributed by atoms with Gasteiger partial charge in [0.05, 0.1) is 12.0 Å². The molecule has 0 aliphatic heterocycles. The maximum Gasteiger partial charge on any atom is 0.304 e. The molecule has 8 heteroatoms. The van der Waals surface area contributed by atoms with Gasteiger partial charge in [0.15, 0.2) is 0 Å². The summed E-state index contributed by atoms with van der Waals surface area (Å²) in [5.41, 5.74) is 0.757. The van der Waals surface area contributed by atoms with Gasteiger partial charge in [-0.25, -0.2) is 4.39 Å². The van der Waals surface area contributed by atoms with Gasteiger partial charge in [-0.05, 0) is 18.2 Å². The molecule has 0 spiro atoms. The Labute approximate surface area is 134 Å². The van der Waals surface area contributed by atoms with Crippen LogP contribution < -0.4 is 5.32 Å². The number of carbonyl (C=O) groups excluding carboxylic acids is 1. The van der Waals surface area contributed by atoms with Crippen LogP contribution in [-0.2, 0) is 4.79 Å². The summed E-state index contributed by atoms with van der Waals surface area (Å²) in [5.74, 6) is -0.671. The third kappa shape index (κ3) is 4.41. The van der Waals surface area contributed by atoms with E-state index < -0.39 is 17.7 Å². The predicted octanol–water partition coefficient (Wildman–Crippen LogP) is 2.89. The van der Waals surface area contributed by atoms with Crippen LogP contribution in [0.15, 0.2) is 24.4 Å². The normalized spacial score (nSPS) is 10.8. The topological polar surface area (TPSA) is 82.2 Å². The van der Waals surface area contributed by atoms with Crippen LogP contribution >= 0.6 is 21.6 Å². The monoisotopic (exact) mass is 342 g/mol. The van der Waals surface area contributed by atoms with E-state index in [2.05, 4.69) is 10.3 Å². The Balaban J connectivity index is 1.81. The van der Waals surface area contributed by atoms with Gasteiger partial charge in [-0.1, -0.05) is 21.6 Å². The Bertz CT molecular complexity index is 675. The van der Waals surface area contributed by atoms with Crippen molar-refractivity contribution < 1.29 is 19.1 Å². The van der Waals surface area contributed by atoms with Crippen LogP contribution in [0.5, 0.6) is 0 Å².